The molecule has 0 aliphatic carbocycles. The third kappa shape index (κ3) is 4.13. The Labute approximate surface area is 139 Å². The van der Waals surface area contributed by atoms with Crippen LogP contribution >= 0.6 is 7.60 Å². The van der Waals surface area contributed by atoms with Gasteiger partial charge in [-0.2, -0.15) is 0 Å². The maximum absolute atomic E-state index is 13.3. The van der Waals surface area contributed by atoms with E-state index in [1.165, 1.54) is 0 Å². The number of hydrogen-bond acceptors (Lipinski definition) is 3. The molecule has 23 heavy (non-hydrogen) atoms. The van der Waals surface area contributed by atoms with Gasteiger partial charge < -0.3 is 9.05 Å². The van der Waals surface area contributed by atoms with Crippen molar-refractivity contribution in [2.75, 3.05) is 13.2 Å². The third-order valence-corrected chi connectivity index (χ3v) is 6.28. The van der Waals surface area contributed by atoms with Crippen LogP contribution in [0.2, 0.25) is 0 Å². The van der Waals surface area contributed by atoms with Crippen LogP contribution in [0.5, 0.6) is 0 Å². The topological polar surface area (TPSA) is 35.5 Å². The van der Waals surface area contributed by atoms with Gasteiger partial charge in [-0.1, -0.05) is 56.3 Å². The molecule has 1 aliphatic rings. The van der Waals surface area contributed by atoms with Crippen LogP contribution in [0.4, 0.5) is 0 Å². The molecule has 2 rings (SSSR count). The lowest BCUT2D eigenvalue weighted by Crippen LogP contribution is -2.34. The highest BCUT2D eigenvalue weighted by Crippen LogP contribution is 2.64. The fraction of sp³-hybridized carbons (Fsp3) is 0.421. The fourth-order valence-electron chi connectivity index (χ4n) is 2.45. The summed E-state index contributed by atoms with van der Waals surface area (Å²) in [5.74, 6) is 0. The van der Waals surface area contributed by atoms with Crippen molar-refractivity contribution in [3.8, 4) is 0 Å². The van der Waals surface area contributed by atoms with Gasteiger partial charge in [-0.25, -0.2) is 0 Å². The average Bonchev–Trinajstić information content (AvgIpc) is 2.61. The van der Waals surface area contributed by atoms with Crippen LogP contribution in [0.25, 0.3) is 5.31 Å². The summed E-state index contributed by atoms with van der Waals surface area (Å²) in [5.41, 5.74) is 3.88. The smallest absolute Gasteiger partial charge is 0.304 e. The highest BCUT2D eigenvalue weighted by Gasteiger charge is 2.42. The second-order valence-corrected chi connectivity index (χ2v) is 7.76. The Kier molecular flexibility index (Phi) is 6.21. The first-order chi connectivity index (χ1) is 11.1. The molecule has 1 aromatic carbocycles. The monoisotopic (exact) mass is 332 g/mol. The molecule has 0 N–H and O–H groups in total. The van der Waals surface area contributed by atoms with E-state index in [2.05, 4.69) is 19.6 Å². The van der Waals surface area contributed by atoms with Crippen LogP contribution in [0.15, 0.2) is 54.3 Å². The molecule has 0 atom stereocenters. The van der Waals surface area contributed by atoms with Crippen LogP contribution < -0.4 is 0 Å². The molecule has 0 bridgehead atoms. The maximum Gasteiger partial charge on any atom is 0.369 e. The second kappa shape index (κ2) is 7.95. The average molecular weight is 332 g/mol. The molecule has 1 aliphatic heterocycles. The first-order valence-electron chi connectivity index (χ1n) is 8.12. The minimum atomic E-state index is -3.35. The minimum absolute atomic E-state index is 0.0389. The predicted octanol–water partition coefficient (Wildman–Crippen LogP) is 5.81. The van der Waals surface area contributed by atoms with Crippen LogP contribution in [-0.2, 0) is 13.6 Å². The van der Waals surface area contributed by atoms with E-state index in [0.29, 0.717) is 18.5 Å². The first kappa shape index (κ1) is 18.0. The Morgan fingerprint density at radius 3 is 2.35 bits per heavy atom. The Balaban J connectivity index is 2.38. The highest BCUT2D eigenvalue weighted by atomic mass is 31.2. The fourth-order valence-corrected chi connectivity index (χ4v) is 4.37. The summed E-state index contributed by atoms with van der Waals surface area (Å²) in [5, 5.41) is 0.497. The van der Waals surface area contributed by atoms with Crippen molar-refractivity contribution >= 4 is 12.9 Å². The predicted molar refractivity (Wildman–Crippen MR) is 95.3 cm³/mol. The quantitative estimate of drug-likeness (QED) is 0.388. The SMILES string of the molecule is C/C=C/C=C=C(c1ccccc1)P1(=O)OCC(CC)(CC)CO1. The summed E-state index contributed by atoms with van der Waals surface area (Å²) in [6.07, 6.45) is 7.38. The summed E-state index contributed by atoms with van der Waals surface area (Å²) in [7, 11) is -3.35. The molecule has 124 valence electrons. The van der Waals surface area contributed by atoms with Crippen molar-refractivity contribution in [1.29, 1.82) is 0 Å². The summed E-state index contributed by atoms with van der Waals surface area (Å²) in [4.78, 5) is 0. The lowest BCUT2D eigenvalue weighted by Gasteiger charge is -2.38. The van der Waals surface area contributed by atoms with Crippen LogP contribution in [0, 0.1) is 5.41 Å². The van der Waals surface area contributed by atoms with Crippen LogP contribution in [-0.4, -0.2) is 13.2 Å². The zero-order valence-electron chi connectivity index (χ0n) is 14.1. The van der Waals surface area contributed by atoms with Gasteiger partial charge in [-0.15, -0.1) is 5.73 Å². The summed E-state index contributed by atoms with van der Waals surface area (Å²) >= 11 is 0. The molecule has 4 heteroatoms. The van der Waals surface area contributed by atoms with E-state index in [4.69, 9.17) is 9.05 Å². The molecule has 1 aromatic rings. The Morgan fingerprint density at radius 1 is 1.22 bits per heavy atom. The van der Waals surface area contributed by atoms with Crippen molar-refractivity contribution in [1.82, 2.24) is 0 Å². The van der Waals surface area contributed by atoms with E-state index < -0.39 is 7.60 Å². The third-order valence-electron chi connectivity index (χ3n) is 4.41. The number of allylic oxidation sites excluding steroid dienone is 3. The van der Waals surface area contributed by atoms with E-state index in [-0.39, 0.29) is 5.41 Å². The lowest BCUT2D eigenvalue weighted by atomic mass is 9.84. The molecule has 0 radical (unpaired) electrons. The number of rotatable bonds is 5. The van der Waals surface area contributed by atoms with Crippen molar-refractivity contribution in [2.24, 2.45) is 5.41 Å². The van der Waals surface area contributed by atoms with E-state index in [1.807, 2.05) is 49.4 Å². The number of benzene rings is 1. The van der Waals surface area contributed by atoms with E-state index in [0.717, 1.165) is 18.4 Å². The van der Waals surface area contributed by atoms with Gasteiger partial charge in [-0.3, -0.25) is 4.57 Å². The molecule has 1 fully saturated rings. The van der Waals surface area contributed by atoms with Crippen molar-refractivity contribution in [3.63, 3.8) is 0 Å². The molecule has 0 unspecified atom stereocenters. The minimum Gasteiger partial charge on any atom is -0.304 e. The molecule has 1 saturated heterocycles. The largest absolute Gasteiger partial charge is 0.369 e. The molecule has 3 nitrogen and oxygen atoms in total. The molecule has 0 spiro atoms. The van der Waals surface area contributed by atoms with Gasteiger partial charge in [-0.05, 0) is 31.4 Å². The molecule has 1 heterocycles. The zero-order chi connectivity index (χ0) is 16.8. The molecule has 0 aromatic heterocycles. The van der Waals surface area contributed by atoms with Gasteiger partial charge in [0.1, 0.15) is 5.31 Å². The van der Waals surface area contributed by atoms with Gasteiger partial charge >= 0.3 is 7.60 Å². The Hall–Kier alpha value is -1.37. The highest BCUT2D eigenvalue weighted by molar-refractivity contribution is 7.65. The lowest BCUT2D eigenvalue weighted by molar-refractivity contribution is 0.0161. The van der Waals surface area contributed by atoms with E-state index in [9.17, 15) is 4.57 Å². The number of hydrogen-bond donors (Lipinski definition) is 0. The Bertz CT molecular complexity index is 636. The van der Waals surface area contributed by atoms with Crippen molar-refractivity contribution in [2.45, 2.75) is 33.6 Å². The normalized spacial score (nSPS) is 19.3. The van der Waals surface area contributed by atoms with Gasteiger partial charge in [0.25, 0.3) is 0 Å². The molecular weight excluding hydrogens is 307 g/mol. The molecular formula is C19H25O3P. The molecule has 0 amide bonds. The van der Waals surface area contributed by atoms with Gasteiger partial charge in [0, 0.05) is 5.41 Å². The van der Waals surface area contributed by atoms with Crippen LogP contribution in [0.1, 0.15) is 39.2 Å². The van der Waals surface area contributed by atoms with Gasteiger partial charge in [0.05, 0.1) is 13.2 Å². The van der Waals surface area contributed by atoms with Crippen LogP contribution in [0.3, 0.4) is 0 Å². The zero-order valence-corrected chi connectivity index (χ0v) is 15.0. The van der Waals surface area contributed by atoms with Gasteiger partial charge in [0.2, 0.25) is 0 Å². The molecule has 0 saturated carbocycles. The van der Waals surface area contributed by atoms with Crippen molar-refractivity contribution in [3.05, 3.63) is 59.9 Å². The second-order valence-electron chi connectivity index (χ2n) is 5.80. The van der Waals surface area contributed by atoms with E-state index in [1.54, 1.807) is 6.08 Å². The van der Waals surface area contributed by atoms with E-state index >= 15 is 0 Å². The standard InChI is InChI=1S/C19H25O3P/c1-4-7-9-14-18(17-12-10-8-11-13-17)23(20)21-15-19(5-2,6-3)16-22-23/h4,7-13H,5-6,15-16H2,1-3H3/b7-4+. The first-order valence-corrected chi connectivity index (χ1v) is 9.66. The van der Waals surface area contributed by atoms with Gasteiger partial charge in [0.15, 0.2) is 0 Å². The Morgan fingerprint density at radius 2 is 1.83 bits per heavy atom. The summed E-state index contributed by atoms with van der Waals surface area (Å²) in [6.45, 7) is 7.07. The summed E-state index contributed by atoms with van der Waals surface area (Å²) < 4.78 is 24.9. The van der Waals surface area contributed by atoms with Crippen molar-refractivity contribution < 1.29 is 13.6 Å². The maximum atomic E-state index is 13.3. The summed E-state index contributed by atoms with van der Waals surface area (Å²) in [6, 6.07) is 9.55.